The number of likely N-dealkylation sites (tertiary alicyclic amines) is 1. The lowest BCUT2D eigenvalue weighted by Gasteiger charge is -2.30. The van der Waals surface area contributed by atoms with Gasteiger partial charge in [-0.25, -0.2) is 18.0 Å². The van der Waals surface area contributed by atoms with Crippen molar-refractivity contribution in [2.75, 3.05) is 20.2 Å². The van der Waals surface area contributed by atoms with Crippen LogP contribution in [0.15, 0.2) is 0 Å². The molecule has 0 saturated carbocycles. The van der Waals surface area contributed by atoms with Crippen LogP contribution in [0.4, 0.5) is 26.7 Å². The third-order valence-electron chi connectivity index (χ3n) is 6.73. The van der Waals surface area contributed by atoms with Crippen LogP contribution in [-0.4, -0.2) is 89.7 Å². The van der Waals surface area contributed by atoms with Crippen molar-refractivity contribution in [3.8, 4) is 5.75 Å². The van der Waals surface area contributed by atoms with Crippen LogP contribution in [0.2, 0.25) is 0 Å². The standard InChI is InChI=1S/C27H33F5N4O8/c1-12(2)36(27(42)44-24-22(31)20(29)19(28)21(30)23(24)32)11-16(37)15-7-6-10-35(15)26(41)14(4)34-25(40)13(3)33-17(38)8-9-18(39)43-5/h12-15H,6-11H2,1-5H3,(H,33,38)(H,34,40)/t13-,14-,15-/m0/s1. The molecule has 2 N–H and O–H groups in total. The Balaban J connectivity index is 2.06. The third kappa shape index (κ3) is 8.63. The maximum absolute atomic E-state index is 14.0. The van der Waals surface area contributed by atoms with E-state index < -0.39 is 101 Å². The van der Waals surface area contributed by atoms with Crippen LogP contribution < -0.4 is 15.4 Å². The van der Waals surface area contributed by atoms with Gasteiger partial charge in [-0.2, -0.15) is 8.78 Å². The number of Topliss-reactive ketones (excluding diaryl/α,β-unsaturated/α-hetero) is 1. The summed E-state index contributed by atoms with van der Waals surface area (Å²) in [4.78, 5) is 76.6. The summed E-state index contributed by atoms with van der Waals surface area (Å²) in [7, 11) is 1.16. The lowest BCUT2D eigenvalue weighted by molar-refractivity contribution is -0.142. The number of ketones is 1. The second kappa shape index (κ2) is 15.4. The van der Waals surface area contributed by atoms with Crippen molar-refractivity contribution in [2.24, 2.45) is 0 Å². The van der Waals surface area contributed by atoms with Gasteiger partial charge in [0, 0.05) is 19.0 Å². The fraction of sp³-hybridized carbons (Fsp3) is 0.556. The maximum Gasteiger partial charge on any atom is 0.416 e. The maximum atomic E-state index is 14.0. The predicted molar refractivity (Wildman–Crippen MR) is 140 cm³/mol. The first-order valence-corrected chi connectivity index (χ1v) is 13.5. The molecule has 0 radical (unpaired) electrons. The SMILES string of the molecule is COC(=O)CCC(=O)N[C@@H](C)C(=O)N[C@@H](C)C(=O)N1CCC[C@H]1C(=O)CN(C(=O)Oc1c(F)c(F)c(F)c(F)c1F)C(C)C. The number of carbonyl (C=O) groups is 6. The molecule has 0 bridgehead atoms. The number of methoxy groups -OCH3 is 1. The van der Waals surface area contributed by atoms with E-state index in [-0.39, 0.29) is 25.8 Å². The van der Waals surface area contributed by atoms with E-state index in [0.29, 0.717) is 11.3 Å². The molecule has 1 saturated heterocycles. The number of rotatable bonds is 12. The summed E-state index contributed by atoms with van der Waals surface area (Å²) in [5.74, 6) is -16.9. The Bertz CT molecular complexity index is 1280. The van der Waals surface area contributed by atoms with E-state index >= 15 is 0 Å². The van der Waals surface area contributed by atoms with Crippen molar-refractivity contribution >= 4 is 35.6 Å². The molecular formula is C27H33F5N4O8. The van der Waals surface area contributed by atoms with Crippen molar-refractivity contribution in [2.45, 2.75) is 77.5 Å². The number of hydrogen-bond donors (Lipinski definition) is 2. The first kappa shape index (κ1) is 35.9. The fourth-order valence-corrected chi connectivity index (χ4v) is 4.26. The Hall–Kier alpha value is -4.31. The van der Waals surface area contributed by atoms with Gasteiger partial charge in [-0.05, 0) is 40.5 Å². The van der Waals surface area contributed by atoms with Gasteiger partial charge in [-0.15, -0.1) is 0 Å². The molecule has 1 heterocycles. The second-order valence-corrected chi connectivity index (χ2v) is 10.2. The zero-order chi connectivity index (χ0) is 33.5. The van der Waals surface area contributed by atoms with Crippen LogP contribution in [0.3, 0.4) is 0 Å². The Kier molecular flexibility index (Phi) is 12.6. The van der Waals surface area contributed by atoms with Crippen molar-refractivity contribution in [3.63, 3.8) is 0 Å². The monoisotopic (exact) mass is 636 g/mol. The van der Waals surface area contributed by atoms with Crippen molar-refractivity contribution in [3.05, 3.63) is 29.1 Å². The number of hydrogen-bond acceptors (Lipinski definition) is 8. The largest absolute Gasteiger partial charge is 0.469 e. The number of carbonyl (C=O) groups excluding carboxylic acids is 6. The van der Waals surface area contributed by atoms with Gasteiger partial charge in [0.2, 0.25) is 52.6 Å². The molecule has 1 aliphatic heterocycles. The molecule has 4 amide bonds. The van der Waals surface area contributed by atoms with E-state index in [1.165, 1.54) is 32.6 Å². The smallest absolute Gasteiger partial charge is 0.416 e. The highest BCUT2D eigenvalue weighted by atomic mass is 19.2. The average molecular weight is 637 g/mol. The highest BCUT2D eigenvalue weighted by molar-refractivity contribution is 5.96. The van der Waals surface area contributed by atoms with Crippen LogP contribution in [0.25, 0.3) is 0 Å². The number of ether oxygens (including phenoxy) is 2. The molecule has 0 aromatic heterocycles. The predicted octanol–water partition coefficient (Wildman–Crippen LogP) is 2.11. The first-order chi connectivity index (χ1) is 20.5. The summed E-state index contributed by atoms with van der Waals surface area (Å²) in [5, 5.41) is 4.82. The van der Waals surface area contributed by atoms with Crippen molar-refractivity contribution in [1.82, 2.24) is 20.4 Å². The molecule has 0 unspecified atom stereocenters. The molecule has 1 aliphatic rings. The molecule has 0 aliphatic carbocycles. The van der Waals surface area contributed by atoms with Gasteiger partial charge < -0.3 is 25.0 Å². The zero-order valence-corrected chi connectivity index (χ0v) is 24.6. The Morgan fingerprint density at radius 1 is 0.864 bits per heavy atom. The summed E-state index contributed by atoms with van der Waals surface area (Å²) < 4.78 is 77.4. The van der Waals surface area contributed by atoms with Gasteiger partial charge in [0.1, 0.15) is 12.1 Å². The first-order valence-electron chi connectivity index (χ1n) is 13.5. The van der Waals surface area contributed by atoms with Crippen molar-refractivity contribution in [1.29, 1.82) is 0 Å². The number of nitrogens with one attached hydrogen (secondary N) is 2. The summed E-state index contributed by atoms with van der Waals surface area (Å²) >= 11 is 0. The number of nitrogens with zero attached hydrogens (tertiary/aromatic N) is 2. The number of amides is 4. The molecule has 1 aromatic rings. The summed E-state index contributed by atoms with van der Waals surface area (Å²) in [6, 6.07) is -4.14. The lowest BCUT2D eigenvalue weighted by atomic mass is 10.1. The van der Waals surface area contributed by atoms with E-state index in [0.717, 1.165) is 7.11 Å². The summed E-state index contributed by atoms with van der Waals surface area (Å²) in [6.45, 7) is 4.89. The van der Waals surface area contributed by atoms with E-state index in [1.54, 1.807) is 0 Å². The van der Waals surface area contributed by atoms with Crippen LogP contribution in [0, 0.1) is 29.1 Å². The van der Waals surface area contributed by atoms with E-state index in [2.05, 4.69) is 20.1 Å². The molecule has 1 fully saturated rings. The van der Waals surface area contributed by atoms with Gasteiger partial charge in [-0.3, -0.25) is 28.9 Å². The Morgan fingerprint density at radius 2 is 1.43 bits per heavy atom. The van der Waals surface area contributed by atoms with Crippen LogP contribution in [-0.2, 0) is 28.7 Å². The summed E-state index contributed by atoms with van der Waals surface area (Å²) in [6.07, 6.45) is -1.43. The molecule has 3 atom stereocenters. The topological polar surface area (TPSA) is 151 Å². The normalized spacial score (nSPS) is 15.8. The van der Waals surface area contributed by atoms with Crippen LogP contribution >= 0.6 is 0 Å². The average Bonchev–Trinajstić information content (AvgIpc) is 3.48. The van der Waals surface area contributed by atoms with Gasteiger partial charge in [-0.1, -0.05) is 0 Å². The molecular weight excluding hydrogens is 603 g/mol. The number of halogens is 5. The highest BCUT2D eigenvalue weighted by Crippen LogP contribution is 2.30. The minimum atomic E-state index is -2.44. The van der Waals surface area contributed by atoms with Crippen molar-refractivity contribution < 1.29 is 60.2 Å². The van der Waals surface area contributed by atoms with Gasteiger partial charge in [0.05, 0.1) is 26.1 Å². The van der Waals surface area contributed by atoms with Crippen LogP contribution in [0.1, 0.15) is 53.4 Å². The molecule has 2 rings (SSSR count). The van der Waals surface area contributed by atoms with E-state index in [1.807, 2.05) is 0 Å². The minimum absolute atomic E-state index is 0.117. The highest BCUT2D eigenvalue weighted by Gasteiger charge is 2.38. The lowest BCUT2D eigenvalue weighted by Crippen LogP contribution is -2.55. The number of esters is 1. The minimum Gasteiger partial charge on any atom is -0.469 e. The van der Waals surface area contributed by atoms with Gasteiger partial charge in [0.15, 0.2) is 5.78 Å². The third-order valence-corrected chi connectivity index (χ3v) is 6.73. The molecule has 12 nitrogen and oxygen atoms in total. The zero-order valence-electron chi connectivity index (χ0n) is 24.6. The Labute approximate surface area is 249 Å². The van der Waals surface area contributed by atoms with Gasteiger partial charge >= 0.3 is 12.1 Å². The Morgan fingerprint density at radius 3 is 1.98 bits per heavy atom. The fourth-order valence-electron chi connectivity index (χ4n) is 4.26. The van der Waals surface area contributed by atoms with Gasteiger partial charge in [0.25, 0.3) is 0 Å². The molecule has 0 spiro atoms. The molecule has 244 valence electrons. The second-order valence-electron chi connectivity index (χ2n) is 10.2. The summed E-state index contributed by atoms with van der Waals surface area (Å²) in [5.41, 5.74) is 0. The molecule has 17 heteroatoms. The van der Waals surface area contributed by atoms with Crippen LogP contribution in [0.5, 0.6) is 5.75 Å². The molecule has 1 aromatic carbocycles. The molecule has 44 heavy (non-hydrogen) atoms. The van der Waals surface area contributed by atoms with E-state index in [9.17, 15) is 50.7 Å². The quantitative estimate of drug-likeness (QED) is 0.153. The van der Waals surface area contributed by atoms with E-state index in [4.69, 9.17) is 0 Å². The number of benzene rings is 1.